The summed E-state index contributed by atoms with van der Waals surface area (Å²) in [6.07, 6.45) is 32.0. The Balaban J connectivity index is 4.02. The topological polar surface area (TPSA) is 0 Å². The third-order valence-corrected chi connectivity index (χ3v) is 6.65. The predicted molar refractivity (Wildman–Crippen MR) is 127 cm³/mol. The van der Waals surface area contributed by atoms with E-state index in [2.05, 4.69) is 27.7 Å². The van der Waals surface area contributed by atoms with E-state index in [9.17, 15) is 0 Å². The molecule has 0 aliphatic rings. The molecule has 164 valence electrons. The molecule has 0 rings (SSSR count). The molecule has 0 aromatic rings. The zero-order valence-corrected chi connectivity index (χ0v) is 20.1. The minimum Gasteiger partial charge on any atom is -0.0654 e. The summed E-state index contributed by atoms with van der Waals surface area (Å²) >= 11 is 0. The van der Waals surface area contributed by atoms with Gasteiger partial charge < -0.3 is 0 Å². The van der Waals surface area contributed by atoms with Crippen molar-refractivity contribution in [2.75, 3.05) is 0 Å². The van der Waals surface area contributed by atoms with Gasteiger partial charge in [-0.05, 0) is 24.7 Å². The van der Waals surface area contributed by atoms with Gasteiger partial charge >= 0.3 is 0 Å². The summed E-state index contributed by atoms with van der Waals surface area (Å²) in [5.41, 5.74) is 0.638. The Labute approximate surface area is 174 Å². The van der Waals surface area contributed by atoms with Crippen LogP contribution in [0.4, 0.5) is 0 Å². The van der Waals surface area contributed by atoms with E-state index in [-0.39, 0.29) is 0 Å². The molecule has 0 aliphatic heterocycles. The Kier molecular flexibility index (Phi) is 20.7. The Morgan fingerprint density at radius 3 is 0.815 bits per heavy atom. The van der Waals surface area contributed by atoms with E-state index in [4.69, 9.17) is 0 Å². The highest BCUT2D eigenvalue weighted by atomic mass is 14.3. The van der Waals surface area contributed by atoms with Crippen molar-refractivity contribution in [3.63, 3.8) is 0 Å². The fourth-order valence-corrected chi connectivity index (χ4v) is 4.55. The third-order valence-electron chi connectivity index (χ3n) is 6.65. The average Bonchev–Trinajstić information content (AvgIpc) is 2.67. The molecule has 0 nitrogen and oxygen atoms in total. The van der Waals surface area contributed by atoms with Crippen molar-refractivity contribution in [1.82, 2.24) is 0 Å². The second-order valence-electron chi connectivity index (χ2n) is 9.72. The largest absolute Gasteiger partial charge is 0.0654 e. The first kappa shape index (κ1) is 27.0. The fraction of sp³-hybridized carbons (Fsp3) is 1.00. The van der Waals surface area contributed by atoms with E-state index in [0.29, 0.717) is 5.41 Å². The molecule has 0 fully saturated rings. The first-order chi connectivity index (χ1) is 13.2. The van der Waals surface area contributed by atoms with Gasteiger partial charge in [0.05, 0.1) is 0 Å². The van der Waals surface area contributed by atoms with Crippen LogP contribution in [-0.2, 0) is 0 Å². The predicted octanol–water partition coefficient (Wildman–Crippen LogP) is 10.6. The molecule has 0 N–H and O–H groups in total. The summed E-state index contributed by atoms with van der Waals surface area (Å²) in [7, 11) is 0. The molecule has 0 spiro atoms. The maximum absolute atomic E-state index is 2.63. The second-order valence-corrected chi connectivity index (χ2v) is 9.72. The standard InChI is InChI=1S/C27H56/c1-5-8-11-14-17-20-23-26-27(4,24-21-18-15-12-9-6-2)25-22-19-16-13-10-7-3/h5-26H2,1-4H3. The number of rotatable bonds is 22. The summed E-state index contributed by atoms with van der Waals surface area (Å²) in [6, 6.07) is 0. The van der Waals surface area contributed by atoms with Gasteiger partial charge in [-0.15, -0.1) is 0 Å². The Morgan fingerprint density at radius 1 is 0.333 bits per heavy atom. The summed E-state index contributed by atoms with van der Waals surface area (Å²) in [6.45, 7) is 9.58. The molecular weight excluding hydrogens is 324 g/mol. The SMILES string of the molecule is CCCCCCCCCC(C)(CCCCCCCC)CCCCCCCC. The van der Waals surface area contributed by atoms with E-state index in [0.717, 1.165) is 0 Å². The van der Waals surface area contributed by atoms with Crippen molar-refractivity contribution in [2.45, 2.75) is 169 Å². The van der Waals surface area contributed by atoms with Crippen LogP contribution in [0, 0.1) is 5.41 Å². The zero-order chi connectivity index (χ0) is 20.1. The minimum absolute atomic E-state index is 0.638. The van der Waals surface area contributed by atoms with Crippen LogP contribution >= 0.6 is 0 Å². The van der Waals surface area contributed by atoms with Crippen molar-refractivity contribution < 1.29 is 0 Å². The lowest BCUT2D eigenvalue weighted by Gasteiger charge is -2.30. The number of hydrogen-bond donors (Lipinski definition) is 0. The average molecular weight is 381 g/mol. The monoisotopic (exact) mass is 380 g/mol. The third kappa shape index (κ3) is 19.1. The van der Waals surface area contributed by atoms with Gasteiger partial charge in [-0.1, -0.05) is 150 Å². The van der Waals surface area contributed by atoms with E-state index in [1.54, 1.807) is 0 Å². The minimum atomic E-state index is 0.638. The van der Waals surface area contributed by atoms with Crippen LogP contribution < -0.4 is 0 Å². The van der Waals surface area contributed by atoms with Gasteiger partial charge in [0, 0.05) is 0 Å². The summed E-state index contributed by atoms with van der Waals surface area (Å²) in [4.78, 5) is 0. The molecular formula is C27H56. The first-order valence-electron chi connectivity index (χ1n) is 13.2. The van der Waals surface area contributed by atoms with E-state index in [1.165, 1.54) is 141 Å². The van der Waals surface area contributed by atoms with Crippen molar-refractivity contribution in [3.8, 4) is 0 Å². The number of hydrogen-bond acceptors (Lipinski definition) is 0. The van der Waals surface area contributed by atoms with Gasteiger partial charge in [0.15, 0.2) is 0 Å². The van der Waals surface area contributed by atoms with Gasteiger partial charge in [0.25, 0.3) is 0 Å². The van der Waals surface area contributed by atoms with Gasteiger partial charge in [-0.2, -0.15) is 0 Å². The van der Waals surface area contributed by atoms with Crippen molar-refractivity contribution in [3.05, 3.63) is 0 Å². The Bertz CT molecular complexity index is 251. The highest BCUT2D eigenvalue weighted by molar-refractivity contribution is 4.75. The maximum Gasteiger partial charge on any atom is -0.0326 e. The molecule has 0 unspecified atom stereocenters. The van der Waals surface area contributed by atoms with Crippen LogP contribution in [0.1, 0.15) is 169 Å². The quantitative estimate of drug-likeness (QED) is 0.164. The van der Waals surface area contributed by atoms with Crippen LogP contribution in [0.15, 0.2) is 0 Å². The molecule has 0 heterocycles. The molecule has 0 aromatic heterocycles. The van der Waals surface area contributed by atoms with Gasteiger partial charge in [0.1, 0.15) is 0 Å². The second kappa shape index (κ2) is 20.7. The van der Waals surface area contributed by atoms with Crippen LogP contribution in [0.2, 0.25) is 0 Å². The highest BCUT2D eigenvalue weighted by Gasteiger charge is 2.22. The van der Waals surface area contributed by atoms with Crippen molar-refractivity contribution >= 4 is 0 Å². The van der Waals surface area contributed by atoms with Crippen molar-refractivity contribution in [2.24, 2.45) is 5.41 Å². The van der Waals surface area contributed by atoms with Gasteiger partial charge in [0.2, 0.25) is 0 Å². The van der Waals surface area contributed by atoms with Crippen LogP contribution in [0.25, 0.3) is 0 Å². The molecule has 0 aliphatic carbocycles. The van der Waals surface area contributed by atoms with E-state index >= 15 is 0 Å². The lowest BCUT2D eigenvalue weighted by molar-refractivity contribution is 0.222. The molecule has 0 saturated carbocycles. The Hall–Kier alpha value is 0. The van der Waals surface area contributed by atoms with E-state index in [1.807, 2.05) is 0 Å². The molecule has 0 radical (unpaired) electrons. The number of unbranched alkanes of at least 4 members (excludes halogenated alkanes) is 16. The van der Waals surface area contributed by atoms with Gasteiger partial charge in [-0.25, -0.2) is 0 Å². The summed E-state index contributed by atoms with van der Waals surface area (Å²) < 4.78 is 0. The molecule has 27 heavy (non-hydrogen) atoms. The van der Waals surface area contributed by atoms with Gasteiger partial charge in [-0.3, -0.25) is 0 Å². The first-order valence-corrected chi connectivity index (χ1v) is 13.2. The molecule has 0 saturated heterocycles. The lowest BCUT2D eigenvalue weighted by Crippen LogP contribution is -2.16. The van der Waals surface area contributed by atoms with E-state index < -0.39 is 0 Å². The van der Waals surface area contributed by atoms with Crippen LogP contribution in [0.3, 0.4) is 0 Å². The molecule has 0 bridgehead atoms. The molecule has 0 heteroatoms. The highest BCUT2D eigenvalue weighted by Crippen LogP contribution is 2.37. The normalized spacial score (nSPS) is 12.0. The smallest absolute Gasteiger partial charge is 0.0326 e. The van der Waals surface area contributed by atoms with Crippen LogP contribution in [0.5, 0.6) is 0 Å². The fourth-order valence-electron chi connectivity index (χ4n) is 4.55. The zero-order valence-electron chi connectivity index (χ0n) is 20.1. The maximum atomic E-state index is 2.63. The molecule has 0 atom stereocenters. The Morgan fingerprint density at radius 2 is 0.556 bits per heavy atom. The summed E-state index contributed by atoms with van der Waals surface area (Å²) in [5.74, 6) is 0. The lowest BCUT2D eigenvalue weighted by atomic mass is 9.75. The molecule has 0 amide bonds. The van der Waals surface area contributed by atoms with Crippen molar-refractivity contribution in [1.29, 1.82) is 0 Å². The summed E-state index contributed by atoms with van der Waals surface area (Å²) in [5, 5.41) is 0. The van der Waals surface area contributed by atoms with Crippen LogP contribution in [-0.4, -0.2) is 0 Å². The molecule has 0 aromatic carbocycles.